The summed E-state index contributed by atoms with van der Waals surface area (Å²) in [4.78, 5) is 14.8. The maximum absolute atomic E-state index is 10.6. The summed E-state index contributed by atoms with van der Waals surface area (Å²) in [5, 5.41) is 8.71. The summed E-state index contributed by atoms with van der Waals surface area (Å²) in [6.45, 7) is 1.97. The monoisotopic (exact) mass is 177 g/mol. The number of carbonyl (C=O) groups is 1. The molecule has 0 aromatic carbocycles. The van der Waals surface area contributed by atoms with Crippen LogP contribution in [-0.4, -0.2) is 16.1 Å². The first-order valence-electron chi connectivity index (χ1n) is 4.34. The quantitative estimate of drug-likeness (QED) is 0.746. The molecule has 3 nitrogen and oxygen atoms in total. The molecule has 1 fully saturated rings. The number of aryl methyl sites for hydroxylation is 1. The van der Waals surface area contributed by atoms with Gasteiger partial charge in [-0.05, 0) is 25.0 Å². The van der Waals surface area contributed by atoms with E-state index in [2.05, 4.69) is 4.98 Å². The van der Waals surface area contributed by atoms with Crippen LogP contribution in [-0.2, 0) is 4.79 Å². The Bertz CT molecular complexity index is 331. The molecule has 0 radical (unpaired) electrons. The van der Waals surface area contributed by atoms with Crippen molar-refractivity contribution in [3.63, 3.8) is 0 Å². The standard InChI is InChI=1S/C10H11NO2/c1-6-2-3-9(11-5-6)7-4-8(7)10(12)13/h2-3,5,7-8H,4H2,1H3,(H,12,13)/t7-,8-/m1/s1. The zero-order valence-electron chi connectivity index (χ0n) is 7.40. The van der Waals surface area contributed by atoms with Gasteiger partial charge < -0.3 is 5.11 Å². The summed E-state index contributed by atoms with van der Waals surface area (Å²) in [7, 11) is 0. The summed E-state index contributed by atoms with van der Waals surface area (Å²) >= 11 is 0. The molecule has 1 saturated carbocycles. The molecule has 13 heavy (non-hydrogen) atoms. The van der Waals surface area contributed by atoms with Gasteiger partial charge >= 0.3 is 5.97 Å². The van der Waals surface area contributed by atoms with Gasteiger partial charge in [0, 0.05) is 17.8 Å². The summed E-state index contributed by atoms with van der Waals surface area (Å²) in [6.07, 6.45) is 2.53. The SMILES string of the molecule is Cc1ccc([C@@H]2C[C@H]2C(=O)O)nc1. The van der Waals surface area contributed by atoms with Gasteiger partial charge in [0.1, 0.15) is 0 Å². The zero-order valence-corrected chi connectivity index (χ0v) is 7.40. The van der Waals surface area contributed by atoms with Crippen LogP contribution in [0.5, 0.6) is 0 Å². The Hall–Kier alpha value is -1.38. The molecule has 1 aliphatic rings. The number of carboxylic acid groups (broad SMARTS) is 1. The fraction of sp³-hybridized carbons (Fsp3) is 0.400. The van der Waals surface area contributed by atoms with E-state index in [1.807, 2.05) is 19.1 Å². The second kappa shape index (κ2) is 2.83. The lowest BCUT2D eigenvalue weighted by Gasteiger charge is -1.97. The minimum atomic E-state index is -0.702. The Labute approximate surface area is 76.4 Å². The molecule has 0 bridgehead atoms. The summed E-state index contributed by atoms with van der Waals surface area (Å²) in [6, 6.07) is 3.89. The van der Waals surface area contributed by atoms with Crippen LogP contribution in [0.2, 0.25) is 0 Å². The minimum Gasteiger partial charge on any atom is -0.481 e. The van der Waals surface area contributed by atoms with Crippen LogP contribution >= 0.6 is 0 Å². The number of aliphatic carboxylic acids is 1. The largest absolute Gasteiger partial charge is 0.481 e. The number of pyridine rings is 1. The van der Waals surface area contributed by atoms with Gasteiger partial charge in [0.05, 0.1) is 5.92 Å². The third-order valence-corrected chi connectivity index (χ3v) is 2.42. The fourth-order valence-electron chi connectivity index (χ4n) is 1.49. The Balaban J connectivity index is 2.12. The first kappa shape index (κ1) is 8.23. The maximum Gasteiger partial charge on any atom is 0.307 e. The highest BCUT2D eigenvalue weighted by molar-refractivity contribution is 5.75. The molecule has 1 aliphatic carbocycles. The number of hydrogen-bond acceptors (Lipinski definition) is 2. The molecule has 2 rings (SSSR count). The van der Waals surface area contributed by atoms with Crippen LogP contribution in [0.15, 0.2) is 18.3 Å². The smallest absolute Gasteiger partial charge is 0.307 e. The van der Waals surface area contributed by atoms with Crippen LogP contribution in [0.3, 0.4) is 0 Å². The molecule has 0 unspecified atom stereocenters. The van der Waals surface area contributed by atoms with Gasteiger partial charge in [-0.1, -0.05) is 6.07 Å². The van der Waals surface area contributed by atoms with Crippen molar-refractivity contribution in [3.8, 4) is 0 Å². The van der Waals surface area contributed by atoms with Crippen molar-refractivity contribution in [2.45, 2.75) is 19.3 Å². The lowest BCUT2D eigenvalue weighted by molar-refractivity contribution is -0.138. The summed E-state index contributed by atoms with van der Waals surface area (Å²) in [5.74, 6) is -0.749. The predicted octanol–water partition coefficient (Wildman–Crippen LogP) is 1.58. The number of aromatic nitrogens is 1. The average Bonchev–Trinajstić information content (AvgIpc) is 2.85. The molecule has 1 aromatic heterocycles. The molecule has 2 atom stereocenters. The van der Waals surface area contributed by atoms with Gasteiger partial charge in [-0.2, -0.15) is 0 Å². The number of nitrogens with zero attached hydrogens (tertiary/aromatic N) is 1. The van der Waals surface area contributed by atoms with Crippen molar-refractivity contribution in [1.29, 1.82) is 0 Å². The molecule has 1 heterocycles. The van der Waals surface area contributed by atoms with Gasteiger partial charge in [0.15, 0.2) is 0 Å². The first-order valence-corrected chi connectivity index (χ1v) is 4.34. The van der Waals surface area contributed by atoms with Gasteiger partial charge in [-0.15, -0.1) is 0 Å². The van der Waals surface area contributed by atoms with Crippen molar-refractivity contribution >= 4 is 5.97 Å². The van der Waals surface area contributed by atoms with Gasteiger partial charge in [0.2, 0.25) is 0 Å². The third kappa shape index (κ3) is 1.54. The highest BCUT2D eigenvalue weighted by atomic mass is 16.4. The van der Waals surface area contributed by atoms with Crippen LogP contribution in [0.4, 0.5) is 0 Å². The van der Waals surface area contributed by atoms with Crippen LogP contribution in [0, 0.1) is 12.8 Å². The Morgan fingerprint density at radius 1 is 1.62 bits per heavy atom. The molecule has 0 amide bonds. The van der Waals surface area contributed by atoms with Crippen LogP contribution in [0.1, 0.15) is 23.6 Å². The predicted molar refractivity (Wildman–Crippen MR) is 47.5 cm³/mol. The van der Waals surface area contributed by atoms with E-state index in [1.54, 1.807) is 6.20 Å². The van der Waals surface area contributed by atoms with E-state index in [9.17, 15) is 4.79 Å². The number of carboxylic acids is 1. The number of hydrogen-bond donors (Lipinski definition) is 1. The second-order valence-corrected chi connectivity index (χ2v) is 3.55. The molecule has 1 aromatic rings. The number of rotatable bonds is 2. The second-order valence-electron chi connectivity index (χ2n) is 3.55. The molecule has 68 valence electrons. The lowest BCUT2D eigenvalue weighted by atomic mass is 10.2. The van der Waals surface area contributed by atoms with Crippen molar-refractivity contribution in [3.05, 3.63) is 29.6 Å². The summed E-state index contributed by atoms with van der Waals surface area (Å²) in [5.41, 5.74) is 2.02. The fourth-order valence-corrected chi connectivity index (χ4v) is 1.49. The zero-order chi connectivity index (χ0) is 9.42. The highest BCUT2D eigenvalue weighted by Crippen LogP contribution is 2.46. The van der Waals surface area contributed by atoms with E-state index in [0.29, 0.717) is 0 Å². The van der Waals surface area contributed by atoms with Gasteiger partial charge in [-0.3, -0.25) is 9.78 Å². The topological polar surface area (TPSA) is 50.2 Å². The molecular weight excluding hydrogens is 166 g/mol. The van der Waals surface area contributed by atoms with Crippen molar-refractivity contribution in [1.82, 2.24) is 4.98 Å². The van der Waals surface area contributed by atoms with Gasteiger partial charge in [-0.25, -0.2) is 0 Å². The first-order chi connectivity index (χ1) is 6.18. The van der Waals surface area contributed by atoms with E-state index in [0.717, 1.165) is 17.7 Å². The average molecular weight is 177 g/mol. The Morgan fingerprint density at radius 2 is 2.38 bits per heavy atom. The molecule has 0 aliphatic heterocycles. The summed E-state index contributed by atoms with van der Waals surface area (Å²) < 4.78 is 0. The Kier molecular flexibility index (Phi) is 1.79. The highest BCUT2D eigenvalue weighted by Gasteiger charge is 2.44. The molecule has 0 saturated heterocycles. The van der Waals surface area contributed by atoms with E-state index in [1.165, 1.54) is 0 Å². The van der Waals surface area contributed by atoms with Crippen molar-refractivity contribution in [2.24, 2.45) is 5.92 Å². The van der Waals surface area contributed by atoms with E-state index in [4.69, 9.17) is 5.11 Å². The molecule has 1 N–H and O–H groups in total. The molecule has 0 spiro atoms. The van der Waals surface area contributed by atoms with Gasteiger partial charge in [0.25, 0.3) is 0 Å². The van der Waals surface area contributed by atoms with Crippen LogP contribution in [0.25, 0.3) is 0 Å². The lowest BCUT2D eigenvalue weighted by Crippen LogP contribution is -1.99. The van der Waals surface area contributed by atoms with E-state index in [-0.39, 0.29) is 11.8 Å². The minimum absolute atomic E-state index is 0.151. The van der Waals surface area contributed by atoms with E-state index >= 15 is 0 Å². The van der Waals surface area contributed by atoms with Crippen molar-refractivity contribution < 1.29 is 9.90 Å². The van der Waals surface area contributed by atoms with Crippen molar-refractivity contribution in [2.75, 3.05) is 0 Å². The molecule has 3 heteroatoms. The Morgan fingerprint density at radius 3 is 2.85 bits per heavy atom. The normalized spacial score (nSPS) is 25.6. The van der Waals surface area contributed by atoms with E-state index < -0.39 is 5.97 Å². The maximum atomic E-state index is 10.6. The third-order valence-electron chi connectivity index (χ3n) is 2.42. The van der Waals surface area contributed by atoms with Crippen LogP contribution < -0.4 is 0 Å². The molecular formula is C10H11NO2.